The van der Waals surface area contributed by atoms with Crippen LogP contribution in [0.4, 0.5) is 5.88 Å². The van der Waals surface area contributed by atoms with Crippen LogP contribution in [-0.2, 0) is 0 Å². The average Bonchev–Trinajstić information content (AvgIpc) is 2.86. The number of benzene rings is 1. The van der Waals surface area contributed by atoms with Crippen LogP contribution in [0.5, 0.6) is 0 Å². The lowest BCUT2D eigenvalue weighted by Gasteiger charge is -2.01. The molecule has 0 unspecified atom stereocenters. The number of nitro groups is 1. The fraction of sp³-hybridized carbons (Fsp3) is 0. The van der Waals surface area contributed by atoms with Crippen molar-refractivity contribution in [3.8, 4) is 0 Å². The number of carbonyl (C=O) groups excluding carboxylic acids is 1. The van der Waals surface area contributed by atoms with Crippen LogP contribution >= 0.6 is 0 Å². The van der Waals surface area contributed by atoms with Gasteiger partial charge in [-0.25, -0.2) is 0 Å². The monoisotopic (exact) mass is 258 g/mol. The normalized spacial score (nSPS) is 10.7. The lowest BCUT2D eigenvalue weighted by molar-refractivity contribution is -0.402. The number of hydrogen-bond donors (Lipinski definition) is 0. The summed E-state index contributed by atoms with van der Waals surface area (Å²) in [6.45, 7) is 0. The molecule has 0 saturated heterocycles. The van der Waals surface area contributed by atoms with Gasteiger partial charge < -0.3 is 14.3 Å². The van der Waals surface area contributed by atoms with E-state index in [-0.39, 0.29) is 11.4 Å². The predicted octanol–water partition coefficient (Wildman–Crippen LogP) is 1.72. The summed E-state index contributed by atoms with van der Waals surface area (Å²) in [6, 6.07) is 8.76. The van der Waals surface area contributed by atoms with Crippen molar-refractivity contribution in [2.75, 3.05) is 0 Å². The molecule has 1 heterocycles. The maximum absolute atomic E-state index is 10.6. The standard InChI is InChI=1S/C13H9NO5/c15-13(16)10-4-1-9(2-5-10)3-6-11-7-8-12(19-11)14(17)18/h1-8H,(H,15,16)/p-1/b6-3+. The molecule has 0 spiro atoms. The van der Waals surface area contributed by atoms with Crippen LogP contribution in [-0.4, -0.2) is 10.9 Å². The van der Waals surface area contributed by atoms with Crippen LogP contribution in [0.3, 0.4) is 0 Å². The molecule has 96 valence electrons. The molecule has 0 N–H and O–H groups in total. The third-order valence-corrected chi connectivity index (χ3v) is 2.38. The quantitative estimate of drug-likeness (QED) is 0.614. The summed E-state index contributed by atoms with van der Waals surface area (Å²) in [7, 11) is 0. The highest BCUT2D eigenvalue weighted by Crippen LogP contribution is 2.18. The third kappa shape index (κ3) is 3.06. The summed E-state index contributed by atoms with van der Waals surface area (Å²) < 4.78 is 4.94. The van der Waals surface area contributed by atoms with Crippen LogP contribution in [0.25, 0.3) is 12.2 Å². The molecule has 0 atom stereocenters. The van der Waals surface area contributed by atoms with Gasteiger partial charge in [-0.05, 0) is 23.3 Å². The molecule has 0 fully saturated rings. The molecule has 6 nitrogen and oxygen atoms in total. The van der Waals surface area contributed by atoms with E-state index >= 15 is 0 Å². The number of furan rings is 1. The van der Waals surface area contributed by atoms with Crippen LogP contribution < -0.4 is 5.11 Å². The predicted molar refractivity (Wildman–Crippen MR) is 65.1 cm³/mol. The summed E-state index contributed by atoms with van der Waals surface area (Å²) in [6.07, 6.45) is 3.21. The summed E-state index contributed by atoms with van der Waals surface area (Å²) in [5.41, 5.74) is 0.829. The maximum Gasteiger partial charge on any atom is 0.433 e. The van der Waals surface area contributed by atoms with Gasteiger partial charge in [0.05, 0.1) is 12.0 Å². The van der Waals surface area contributed by atoms with Gasteiger partial charge in [-0.2, -0.15) is 0 Å². The van der Waals surface area contributed by atoms with Gasteiger partial charge in [0.1, 0.15) is 10.7 Å². The Morgan fingerprint density at radius 3 is 2.32 bits per heavy atom. The van der Waals surface area contributed by atoms with Crippen molar-refractivity contribution < 1.29 is 19.2 Å². The molecule has 0 bridgehead atoms. The Hall–Kier alpha value is -2.89. The van der Waals surface area contributed by atoms with Crippen molar-refractivity contribution in [2.45, 2.75) is 0 Å². The van der Waals surface area contributed by atoms with Gasteiger partial charge in [-0.3, -0.25) is 10.1 Å². The molecule has 0 amide bonds. The van der Waals surface area contributed by atoms with Crippen LogP contribution in [0.1, 0.15) is 21.7 Å². The fourth-order valence-electron chi connectivity index (χ4n) is 1.44. The largest absolute Gasteiger partial charge is 0.545 e. The number of nitrogens with zero attached hydrogens (tertiary/aromatic N) is 1. The number of carboxylic acid groups (broad SMARTS) is 1. The SMILES string of the molecule is O=C([O-])c1ccc(/C=C/c2ccc([N+](=O)[O-])o2)cc1. The van der Waals surface area contributed by atoms with Crippen molar-refractivity contribution in [3.05, 3.63) is 63.4 Å². The lowest BCUT2D eigenvalue weighted by Crippen LogP contribution is -2.21. The van der Waals surface area contributed by atoms with Crippen LogP contribution in [0, 0.1) is 10.1 Å². The minimum absolute atomic E-state index is 0.0887. The Morgan fingerprint density at radius 2 is 1.79 bits per heavy atom. The van der Waals surface area contributed by atoms with Gasteiger partial charge in [-0.15, -0.1) is 0 Å². The topological polar surface area (TPSA) is 96.4 Å². The summed E-state index contributed by atoms with van der Waals surface area (Å²) >= 11 is 0. The highest BCUT2D eigenvalue weighted by molar-refractivity contribution is 5.86. The Kier molecular flexibility index (Phi) is 3.42. The highest BCUT2D eigenvalue weighted by atomic mass is 16.6. The molecule has 2 aromatic rings. The smallest absolute Gasteiger partial charge is 0.433 e. The molecule has 1 aromatic carbocycles. The van der Waals surface area contributed by atoms with E-state index in [0.29, 0.717) is 5.76 Å². The fourth-order valence-corrected chi connectivity index (χ4v) is 1.44. The van der Waals surface area contributed by atoms with E-state index < -0.39 is 10.9 Å². The lowest BCUT2D eigenvalue weighted by atomic mass is 10.1. The minimum Gasteiger partial charge on any atom is -0.545 e. The first-order chi connectivity index (χ1) is 9.06. The van der Waals surface area contributed by atoms with E-state index in [1.54, 1.807) is 24.3 Å². The van der Waals surface area contributed by atoms with Crippen molar-refractivity contribution in [1.82, 2.24) is 0 Å². The van der Waals surface area contributed by atoms with E-state index in [9.17, 15) is 20.0 Å². The summed E-state index contributed by atoms with van der Waals surface area (Å²) in [4.78, 5) is 20.3. The van der Waals surface area contributed by atoms with Gasteiger partial charge in [0.25, 0.3) is 0 Å². The molecule has 0 aliphatic rings. The van der Waals surface area contributed by atoms with Gasteiger partial charge in [0, 0.05) is 0 Å². The highest BCUT2D eigenvalue weighted by Gasteiger charge is 2.09. The number of carbonyl (C=O) groups is 1. The van der Waals surface area contributed by atoms with Gasteiger partial charge in [0.15, 0.2) is 0 Å². The molecular weight excluding hydrogens is 250 g/mol. The van der Waals surface area contributed by atoms with Crippen molar-refractivity contribution in [1.29, 1.82) is 0 Å². The Balaban J connectivity index is 2.13. The van der Waals surface area contributed by atoms with E-state index in [0.717, 1.165) is 5.56 Å². The second-order valence-electron chi connectivity index (χ2n) is 3.68. The number of aromatic carboxylic acids is 1. The third-order valence-electron chi connectivity index (χ3n) is 2.38. The van der Waals surface area contributed by atoms with Crippen molar-refractivity contribution in [2.24, 2.45) is 0 Å². The average molecular weight is 258 g/mol. The minimum atomic E-state index is -1.24. The first-order valence-corrected chi connectivity index (χ1v) is 5.30. The van der Waals surface area contributed by atoms with Crippen LogP contribution in [0.2, 0.25) is 0 Å². The zero-order chi connectivity index (χ0) is 13.8. The Morgan fingerprint density at radius 1 is 1.11 bits per heavy atom. The Bertz CT molecular complexity index is 639. The second-order valence-corrected chi connectivity index (χ2v) is 3.68. The molecule has 0 aliphatic heterocycles. The maximum atomic E-state index is 10.6. The van der Waals surface area contributed by atoms with E-state index in [2.05, 4.69) is 0 Å². The first kappa shape index (κ1) is 12.6. The summed E-state index contributed by atoms with van der Waals surface area (Å²) in [5, 5.41) is 21.0. The molecule has 0 radical (unpaired) electrons. The van der Waals surface area contributed by atoms with Gasteiger partial charge in [0.2, 0.25) is 0 Å². The van der Waals surface area contributed by atoms with E-state index in [1.807, 2.05) is 0 Å². The first-order valence-electron chi connectivity index (χ1n) is 5.30. The number of rotatable bonds is 4. The summed E-state index contributed by atoms with van der Waals surface area (Å²) in [5.74, 6) is -1.22. The van der Waals surface area contributed by atoms with Gasteiger partial charge in [-0.1, -0.05) is 30.3 Å². The van der Waals surface area contributed by atoms with E-state index in [1.165, 1.54) is 24.3 Å². The van der Waals surface area contributed by atoms with Crippen molar-refractivity contribution >= 4 is 24.0 Å². The number of carboxylic acids is 1. The molecule has 0 aliphatic carbocycles. The second kappa shape index (κ2) is 5.18. The molecule has 0 saturated carbocycles. The zero-order valence-electron chi connectivity index (χ0n) is 9.61. The Labute approximate surface area is 107 Å². The molecule has 19 heavy (non-hydrogen) atoms. The van der Waals surface area contributed by atoms with Gasteiger partial charge >= 0.3 is 5.88 Å². The zero-order valence-corrected chi connectivity index (χ0v) is 9.61. The van der Waals surface area contributed by atoms with E-state index in [4.69, 9.17) is 4.42 Å². The van der Waals surface area contributed by atoms with Crippen molar-refractivity contribution in [3.63, 3.8) is 0 Å². The van der Waals surface area contributed by atoms with Crippen LogP contribution in [0.15, 0.2) is 40.8 Å². The number of hydrogen-bond acceptors (Lipinski definition) is 5. The molecule has 2 rings (SSSR count). The molecule has 6 heteroatoms. The molecular formula is C13H8NO5-. The molecule has 1 aromatic heterocycles.